The van der Waals surface area contributed by atoms with Gasteiger partial charge in [-0.2, -0.15) is 0 Å². The Morgan fingerprint density at radius 2 is 2.16 bits per heavy atom. The van der Waals surface area contributed by atoms with Gasteiger partial charge in [-0.05, 0) is 25.3 Å². The third-order valence-corrected chi connectivity index (χ3v) is 3.94. The van der Waals surface area contributed by atoms with E-state index in [1.54, 1.807) is 0 Å². The summed E-state index contributed by atoms with van der Waals surface area (Å²) >= 11 is 0. The molecule has 4 nitrogen and oxygen atoms in total. The van der Waals surface area contributed by atoms with Crippen LogP contribution in [-0.4, -0.2) is 40.0 Å². The zero-order chi connectivity index (χ0) is 14.0. The van der Waals surface area contributed by atoms with Crippen LogP contribution in [0.1, 0.15) is 39.2 Å². The number of aromatic nitrogens is 2. The van der Waals surface area contributed by atoms with E-state index in [9.17, 15) is 0 Å². The Balaban J connectivity index is 2.05. The van der Waals surface area contributed by atoms with Crippen LogP contribution < -0.4 is 5.32 Å². The summed E-state index contributed by atoms with van der Waals surface area (Å²) in [4.78, 5) is 11.2. The van der Waals surface area contributed by atoms with Gasteiger partial charge in [-0.25, -0.2) is 9.97 Å². The van der Waals surface area contributed by atoms with Gasteiger partial charge in [-0.3, -0.25) is 4.90 Å². The number of nitrogens with one attached hydrogen (secondary N) is 1. The molecular formula is C15H26N4. The van der Waals surface area contributed by atoms with E-state index in [1.807, 2.05) is 19.2 Å². The third-order valence-electron chi connectivity index (χ3n) is 3.94. The smallest absolute Gasteiger partial charge is 0.125 e. The molecule has 1 N–H and O–H groups in total. The fraction of sp³-hybridized carbons (Fsp3) is 0.733. The van der Waals surface area contributed by atoms with Gasteiger partial charge in [0.2, 0.25) is 0 Å². The number of nitrogens with zero attached hydrogens (tertiary/aromatic N) is 3. The highest BCUT2D eigenvalue weighted by Crippen LogP contribution is 2.24. The quantitative estimate of drug-likeness (QED) is 0.885. The summed E-state index contributed by atoms with van der Waals surface area (Å²) in [6.07, 6.45) is 1.85. The standard InChI is InChI=1S/C15H26N4/c1-11-8-17-14(15(3,4)5)10-19(11)9-13-6-7-16-12(2)18-13/h6-7,11,14,17H,8-10H2,1-5H3. The Hall–Kier alpha value is -1.00. The van der Waals surface area contributed by atoms with Gasteiger partial charge in [0, 0.05) is 37.9 Å². The minimum absolute atomic E-state index is 0.292. The summed E-state index contributed by atoms with van der Waals surface area (Å²) in [5.74, 6) is 0.854. The molecule has 1 aliphatic heterocycles. The largest absolute Gasteiger partial charge is 0.311 e. The molecule has 0 aliphatic carbocycles. The predicted molar refractivity (Wildman–Crippen MR) is 77.9 cm³/mol. The predicted octanol–water partition coefficient (Wildman–Crippen LogP) is 1.99. The summed E-state index contributed by atoms with van der Waals surface area (Å²) in [6, 6.07) is 3.11. The molecule has 1 fully saturated rings. The molecule has 1 aromatic rings. The molecule has 0 spiro atoms. The molecule has 19 heavy (non-hydrogen) atoms. The molecule has 0 saturated carbocycles. The zero-order valence-corrected chi connectivity index (χ0v) is 12.8. The summed E-state index contributed by atoms with van der Waals surface area (Å²) in [5, 5.41) is 3.66. The van der Waals surface area contributed by atoms with E-state index in [4.69, 9.17) is 0 Å². The van der Waals surface area contributed by atoms with Gasteiger partial charge < -0.3 is 5.32 Å². The van der Waals surface area contributed by atoms with Crippen LogP contribution in [0.4, 0.5) is 0 Å². The SMILES string of the molecule is Cc1nccc(CN2CC(C(C)(C)C)NCC2C)n1. The molecule has 0 bridgehead atoms. The molecular weight excluding hydrogens is 236 g/mol. The lowest BCUT2D eigenvalue weighted by Gasteiger charge is -2.43. The van der Waals surface area contributed by atoms with Crippen molar-refractivity contribution in [2.45, 2.75) is 53.2 Å². The average molecular weight is 262 g/mol. The molecule has 2 rings (SSSR count). The molecule has 0 aromatic carbocycles. The van der Waals surface area contributed by atoms with Gasteiger partial charge in [-0.15, -0.1) is 0 Å². The van der Waals surface area contributed by atoms with E-state index < -0.39 is 0 Å². The zero-order valence-electron chi connectivity index (χ0n) is 12.8. The third kappa shape index (κ3) is 3.74. The maximum Gasteiger partial charge on any atom is 0.125 e. The molecule has 4 heteroatoms. The van der Waals surface area contributed by atoms with Crippen LogP contribution in [0, 0.1) is 12.3 Å². The highest BCUT2D eigenvalue weighted by atomic mass is 15.2. The van der Waals surface area contributed by atoms with Gasteiger partial charge in [0.05, 0.1) is 5.69 Å². The van der Waals surface area contributed by atoms with Crippen molar-refractivity contribution in [1.82, 2.24) is 20.2 Å². The van der Waals surface area contributed by atoms with Crippen LogP contribution in [0.25, 0.3) is 0 Å². The maximum absolute atomic E-state index is 4.52. The van der Waals surface area contributed by atoms with Gasteiger partial charge >= 0.3 is 0 Å². The second-order valence-corrected chi connectivity index (χ2v) is 6.70. The van der Waals surface area contributed by atoms with Gasteiger partial charge in [0.25, 0.3) is 0 Å². The molecule has 1 aliphatic rings. The fourth-order valence-electron chi connectivity index (χ4n) is 2.52. The Bertz CT molecular complexity index is 424. The van der Waals surface area contributed by atoms with E-state index in [-0.39, 0.29) is 0 Å². The van der Waals surface area contributed by atoms with Crippen molar-refractivity contribution in [3.8, 4) is 0 Å². The molecule has 2 heterocycles. The number of hydrogen-bond acceptors (Lipinski definition) is 4. The first-order chi connectivity index (χ1) is 8.86. The monoisotopic (exact) mass is 262 g/mol. The number of piperazine rings is 1. The summed E-state index contributed by atoms with van der Waals surface area (Å²) in [5.41, 5.74) is 1.41. The molecule has 0 radical (unpaired) electrons. The Morgan fingerprint density at radius 3 is 2.79 bits per heavy atom. The average Bonchev–Trinajstić information content (AvgIpc) is 2.30. The van der Waals surface area contributed by atoms with Crippen molar-refractivity contribution >= 4 is 0 Å². The normalized spacial score (nSPS) is 25.5. The molecule has 2 atom stereocenters. The Kier molecular flexibility index (Phi) is 4.21. The van der Waals surface area contributed by atoms with Crippen LogP contribution in [0.15, 0.2) is 12.3 Å². The first-order valence-electron chi connectivity index (χ1n) is 7.12. The Labute approximate surface area is 116 Å². The molecule has 1 aromatic heterocycles. The second kappa shape index (κ2) is 5.55. The van der Waals surface area contributed by atoms with E-state index in [0.717, 1.165) is 31.2 Å². The minimum atomic E-state index is 0.292. The molecule has 2 unspecified atom stereocenters. The summed E-state index contributed by atoms with van der Waals surface area (Å²) < 4.78 is 0. The van der Waals surface area contributed by atoms with Crippen LogP contribution in [0.3, 0.4) is 0 Å². The van der Waals surface area contributed by atoms with Crippen LogP contribution in [0.2, 0.25) is 0 Å². The van der Waals surface area contributed by atoms with Crippen molar-refractivity contribution in [3.63, 3.8) is 0 Å². The highest BCUT2D eigenvalue weighted by Gasteiger charge is 2.32. The fourth-order valence-corrected chi connectivity index (χ4v) is 2.52. The van der Waals surface area contributed by atoms with E-state index in [2.05, 4.69) is 47.9 Å². The van der Waals surface area contributed by atoms with Gasteiger partial charge in [-0.1, -0.05) is 20.8 Å². The topological polar surface area (TPSA) is 41.1 Å². The first-order valence-corrected chi connectivity index (χ1v) is 7.12. The van der Waals surface area contributed by atoms with Crippen molar-refractivity contribution in [2.75, 3.05) is 13.1 Å². The summed E-state index contributed by atoms with van der Waals surface area (Å²) in [7, 11) is 0. The van der Waals surface area contributed by atoms with Crippen molar-refractivity contribution in [3.05, 3.63) is 23.8 Å². The van der Waals surface area contributed by atoms with Crippen LogP contribution in [-0.2, 0) is 6.54 Å². The lowest BCUT2D eigenvalue weighted by Crippen LogP contribution is -2.59. The molecule has 106 valence electrons. The minimum Gasteiger partial charge on any atom is -0.311 e. The van der Waals surface area contributed by atoms with Crippen LogP contribution in [0.5, 0.6) is 0 Å². The number of hydrogen-bond donors (Lipinski definition) is 1. The van der Waals surface area contributed by atoms with Gasteiger partial charge in [0.1, 0.15) is 5.82 Å². The molecule has 1 saturated heterocycles. The Morgan fingerprint density at radius 1 is 1.42 bits per heavy atom. The van der Waals surface area contributed by atoms with E-state index in [1.165, 1.54) is 0 Å². The van der Waals surface area contributed by atoms with E-state index >= 15 is 0 Å². The molecule has 0 amide bonds. The van der Waals surface area contributed by atoms with E-state index in [0.29, 0.717) is 17.5 Å². The summed E-state index contributed by atoms with van der Waals surface area (Å²) in [6.45, 7) is 14.2. The van der Waals surface area contributed by atoms with Crippen molar-refractivity contribution in [2.24, 2.45) is 5.41 Å². The van der Waals surface area contributed by atoms with Gasteiger partial charge in [0.15, 0.2) is 0 Å². The lowest BCUT2D eigenvalue weighted by atomic mass is 9.85. The number of aryl methyl sites for hydroxylation is 1. The van der Waals surface area contributed by atoms with Crippen molar-refractivity contribution in [1.29, 1.82) is 0 Å². The van der Waals surface area contributed by atoms with Crippen LogP contribution >= 0.6 is 0 Å². The lowest BCUT2D eigenvalue weighted by molar-refractivity contribution is 0.0866. The van der Waals surface area contributed by atoms with Crippen molar-refractivity contribution < 1.29 is 0 Å². The highest BCUT2D eigenvalue weighted by molar-refractivity contribution is 5.03. The second-order valence-electron chi connectivity index (χ2n) is 6.70. The maximum atomic E-state index is 4.52. The number of rotatable bonds is 2. The first kappa shape index (κ1) is 14.4.